The van der Waals surface area contributed by atoms with Crippen LogP contribution in [0.2, 0.25) is 0 Å². The molecule has 2 aromatic carbocycles. The van der Waals surface area contributed by atoms with Crippen LogP contribution in [0.5, 0.6) is 11.5 Å². The van der Waals surface area contributed by atoms with Gasteiger partial charge in [-0.2, -0.15) is 0 Å². The van der Waals surface area contributed by atoms with E-state index in [0.29, 0.717) is 29.5 Å². The summed E-state index contributed by atoms with van der Waals surface area (Å²) < 4.78 is 30.5. The van der Waals surface area contributed by atoms with Crippen LogP contribution in [-0.4, -0.2) is 17.9 Å². The van der Waals surface area contributed by atoms with Gasteiger partial charge in [-0.25, -0.2) is 18.8 Å². The summed E-state index contributed by atoms with van der Waals surface area (Å²) in [6, 6.07) is 7.16. The second kappa shape index (κ2) is 9.65. The molecule has 0 saturated carbocycles. The molecule has 33 heavy (non-hydrogen) atoms. The van der Waals surface area contributed by atoms with Gasteiger partial charge in [-0.3, -0.25) is 0 Å². The van der Waals surface area contributed by atoms with Gasteiger partial charge in [-0.1, -0.05) is 25.8 Å². The largest absolute Gasteiger partial charge is 0.454 e. The highest BCUT2D eigenvalue weighted by Crippen LogP contribution is 2.45. The van der Waals surface area contributed by atoms with Gasteiger partial charge in [-0.05, 0) is 61.6 Å². The van der Waals surface area contributed by atoms with Crippen molar-refractivity contribution in [3.05, 3.63) is 84.2 Å². The van der Waals surface area contributed by atoms with Crippen molar-refractivity contribution < 1.29 is 33.0 Å². The number of carbonyl (C=O) groups is 3. The number of ether oxygens (including phenoxy) is 3. The van der Waals surface area contributed by atoms with Crippen LogP contribution in [-0.2, 0) is 25.5 Å². The van der Waals surface area contributed by atoms with Crippen molar-refractivity contribution in [2.24, 2.45) is 0 Å². The molecule has 0 amide bonds. The minimum Gasteiger partial charge on any atom is -0.454 e. The summed E-state index contributed by atoms with van der Waals surface area (Å²) in [7, 11) is 0. The molecular weight excluding hydrogens is 427 g/mol. The van der Waals surface area contributed by atoms with Crippen LogP contribution >= 0.6 is 0 Å². The van der Waals surface area contributed by atoms with Gasteiger partial charge in [0.05, 0.1) is 0 Å². The van der Waals surface area contributed by atoms with Crippen LogP contribution in [0, 0.1) is 5.82 Å². The van der Waals surface area contributed by atoms with Crippen LogP contribution in [0.4, 0.5) is 4.39 Å². The Balaban J connectivity index is 2.10. The average molecular weight is 450 g/mol. The summed E-state index contributed by atoms with van der Waals surface area (Å²) in [5.41, 5.74) is 2.71. The molecule has 0 N–H and O–H groups in total. The number of halogens is 1. The lowest BCUT2D eigenvalue weighted by Crippen LogP contribution is -2.13. The summed E-state index contributed by atoms with van der Waals surface area (Å²) in [5, 5.41) is 0. The first-order valence-electron chi connectivity index (χ1n) is 10.2. The van der Waals surface area contributed by atoms with Gasteiger partial charge in [0, 0.05) is 28.9 Å². The number of esters is 3. The van der Waals surface area contributed by atoms with Gasteiger partial charge >= 0.3 is 17.9 Å². The minimum absolute atomic E-state index is 0.0252. The summed E-state index contributed by atoms with van der Waals surface area (Å²) in [6.45, 7) is 13.5. The van der Waals surface area contributed by atoms with E-state index in [1.807, 2.05) is 0 Å². The van der Waals surface area contributed by atoms with Crippen LogP contribution in [0.1, 0.15) is 37.5 Å². The molecule has 0 radical (unpaired) electrons. The monoisotopic (exact) mass is 450 g/mol. The zero-order valence-electron chi connectivity index (χ0n) is 18.4. The zero-order chi connectivity index (χ0) is 24.3. The molecule has 1 atom stereocenters. The molecule has 0 heterocycles. The van der Waals surface area contributed by atoms with Crippen molar-refractivity contribution in [3.8, 4) is 22.6 Å². The highest BCUT2D eigenvalue weighted by atomic mass is 19.1. The fourth-order valence-corrected chi connectivity index (χ4v) is 3.51. The summed E-state index contributed by atoms with van der Waals surface area (Å²) >= 11 is 0. The molecule has 0 spiro atoms. The molecule has 170 valence electrons. The third-order valence-electron chi connectivity index (χ3n) is 5.01. The van der Waals surface area contributed by atoms with Gasteiger partial charge in [0.25, 0.3) is 0 Å². The Morgan fingerprint density at radius 3 is 2.33 bits per heavy atom. The van der Waals surface area contributed by atoms with E-state index in [4.69, 9.17) is 14.2 Å². The molecule has 1 aliphatic carbocycles. The first-order chi connectivity index (χ1) is 15.6. The van der Waals surface area contributed by atoms with Gasteiger partial charge in [0.2, 0.25) is 0 Å². The SMILES string of the molecule is C=CC(=O)OC1CCc2c(-c3cc(F)cc(OC(=O)C(=C)C)c3)ccc(OC(=O)C(=C)C)c21. The molecule has 3 rings (SSSR count). The smallest absolute Gasteiger partial charge is 0.338 e. The predicted octanol–water partition coefficient (Wildman–Crippen LogP) is 5.17. The number of hydrogen-bond donors (Lipinski definition) is 0. The molecule has 2 aromatic rings. The summed E-state index contributed by atoms with van der Waals surface area (Å²) in [4.78, 5) is 35.9. The van der Waals surface area contributed by atoms with Crippen molar-refractivity contribution in [3.63, 3.8) is 0 Å². The van der Waals surface area contributed by atoms with Gasteiger partial charge < -0.3 is 14.2 Å². The quantitative estimate of drug-likeness (QED) is 0.329. The maximum absolute atomic E-state index is 14.4. The van der Waals surface area contributed by atoms with E-state index in [9.17, 15) is 18.8 Å². The van der Waals surface area contributed by atoms with Crippen LogP contribution < -0.4 is 9.47 Å². The van der Waals surface area contributed by atoms with Crippen molar-refractivity contribution in [1.29, 1.82) is 0 Å². The molecule has 0 saturated heterocycles. The molecule has 1 unspecified atom stereocenters. The topological polar surface area (TPSA) is 78.9 Å². The number of hydrogen-bond acceptors (Lipinski definition) is 6. The Hall–Kier alpha value is -4.00. The molecular formula is C26H23FO6. The van der Waals surface area contributed by atoms with Gasteiger partial charge in [0.1, 0.15) is 23.4 Å². The van der Waals surface area contributed by atoms with E-state index in [1.54, 1.807) is 12.1 Å². The lowest BCUT2D eigenvalue weighted by molar-refractivity contribution is -0.143. The third kappa shape index (κ3) is 5.26. The predicted molar refractivity (Wildman–Crippen MR) is 120 cm³/mol. The lowest BCUT2D eigenvalue weighted by Gasteiger charge is -2.18. The number of fused-ring (bicyclic) bond motifs is 1. The van der Waals surface area contributed by atoms with E-state index < -0.39 is 29.8 Å². The van der Waals surface area contributed by atoms with Crippen molar-refractivity contribution in [2.75, 3.05) is 0 Å². The van der Waals surface area contributed by atoms with Crippen LogP contribution in [0.25, 0.3) is 11.1 Å². The van der Waals surface area contributed by atoms with E-state index in [-0.39, 0.29) is 22.6 Å². The summed E-state index contributed by atoms with van der Waals surface area (Å²) in [6.07, 6.45) is 1.30. The van der Waals surface area contributed by atoms with E-state index in [0.717, 1.165) is 17.7 Å². The Morgan fingerprint density at radius 1 is 1.03 bits per heavy atom. The van der Waals surface area contributed by atoms with E-state index in [2.05, 4.69) is 19.7 Å². The maximum Gasteiger partial charge on any atom is 0.338 e. The highest BCUT2D eigenvalue weighted by molar-refractivity contribution is 5.90. The molecule has 0 aliphatic heterocycles. The minimum atomic E-state index is -0.673. The molecule has 7 heteroatoms. The standard InChI is InChI=1S/C26H23FO6/c1-6-23(28)32-21-10-8-20-19(7-9-22(24(20)21)33-26(30)15(4)5)16-11-17(27)13-18(12-16)31-25(29)14(2)3/h6-7,9,11-13,21H,1-2,4,8,10H2,3,5H3. The van der Waals surface area contributed by atoms with Gasteiger partial charge in [0.15, 0.2) is 0 Å². The van der Waals surface area contributed by atoms with Crippen LogP contribution in [0.15, 0.2) is 67.3 Å². The van der Waals surface area contributed by atoms with E-state index >= 15 is 0 Å². The molecule has 1 aliphatic rings. The van der Waals surface area contributed by atoms with Crippen molar-refractivity contribution in [1.82, 2.24) is 0 Å². The fourth-order valence-electron chi connectivity index (χ4n) is 3.51. The first-order valence-corrected chi connectivity index (χ1v) is 10.2. The normalized spacial score (nSPS) is 14.1. The molecule has 0 aromatic heterocycles. The average Bonchev–Trinajstić information content (AvgIpc) is 3.17. The maximum atomic E-state index is 14.4. The second-order valence-corrected chi connectivity index (χ2v) is 7.69. The number of carbonyl (C=O) groups excluding carboxylic acids is 3. The molecule has 0 bridgehead atoms. The third-order valence-corrected chi connectivity index (χ3v) is 5.01. The number of benzene rings is 2. The van der Waals surface area contributed by atoms with Crippen molar-refractivity contribution in [2.45, 2.75) is 32.8 Å². The van der Waals surface area contributed by atoms with E-state index in [1.165, 1.54) is 26.0 Å². The fraction of sp³-hybridized carbons (Fsp3) is 0.192. The summed E-state index contributed by atoms with van der Waals surface area (Å²) in [5.74, 6) is -2.25. The Bertz CT molecular complexity index is 1190. The lowest BCUT2D eigenvalue weighted by atomic mass is 9.95. The second-order valence-electron chi connectivity index (χ2n) is 7.69. The number of rotatable bonds is 7. The zero-order valence-corrected chi connectivity index (χ0v) is 18.4. The van der Waals surface area contributed by atoms with Crippen LogP contribution in [0.3, 0.4) is 0 Å². The van der Waals surface area contributed by atoms with Crippen molar-refractivity contribution >= 4 is 17.9 Å². The Labute approximate surface area is 191 Å². The first kappa shape index (κ1) is 23.7. The highest BCUT2D eigenvalue weighted by Gasteiger charge is 2.32. The molecule has 0 fully saturated rings. The molecule has 6 nitrogen and oxygen atoms in total. The Morgan fingerprint density at radius 2 is 1.70 bits per heavy atom. The van der Waals surface area contributed by atoms with Gasteiger partial charge in [-0.15, -0.1) is 0 Å². The Kier molecular flexibility index (Phi) is 6.92.